The molecule has 0 aromatic carbocycles. The molecule has 2 aromatic heterocycles. The van der Waals surface area contributed by atoms with Crippen molar-refractivity contribution in [3.05, 3.63) is 28.4 Å². The highest BCUT2D eigenvalue weighted by Gasteiger charge is 2.29. The van der Waals surface area contributed by atoms with Crippen LogP contribution in [-0.2, 0) is 12.8 Å². The SMILES string of the molecule is c1cc(N2CC(CNc3nc4c(s3)CCC4)C2)nnc1C1CC1. The van der Waals surface area contributed by atoms with E-state index in [9.17, 15) is 0 Å². The van der Waals surface area contributed by atoms with Crippen LogP contribution in [0.25, 0.3) is 0 Å². The lowest BCUT2D eigenvalue weighted by Gasteiger charge is -2.39. The second-order valence-electron chi connectivity index (χ2n) is 6.99. The summed E-state index contributed by atoms with van der Waals surface area (Å²) in [4.78, 5) is 8.51. The largest absolute Gasteiger partial charge is 0.361 e. The zero-order valence-electron chi connectivity index (χ0n) is 13.2. The molecule has 120 valence electrons. The van der Waals surface area contributed by atoms with Crippen LogP contribution in [0.3, 0.4) is 0 Å². The molecule has 5 rings (SSSR count). The van der Waals surface area contributed by atoms with Gasteiger partial charge in [0.2, 0.25) is 0 Å². The third-order valence-corrected chi connectivity index (χ3v) is 6.20. The van der Waals surface area contributed by atoms with Gasteiger partial charge in [-0.05, 0) is 44.2 Å². The van der Waals surface area contributed by atoms with Crippen molar-refractivity contribution in [2.45, 2.75) is 38.0 Å². The number of anilines is 2. The summed E-state index contributed by atoms with van der Waals surface area (Å²) in [5.74, 6) is 2.39. The van der Waals surface area contributed by atoms with E-state index in [1.54, 1.807) is 0 Å². The second kappa shape index (κ2) is 5.44. The van der Waals surface area contributed by atoms with E-state index in [1.807, 2.05) is 11.3 Å². The standard InChI is InChI=1S/C17H21N5S/c1-2-14-15(3-1)23-17(19-14)18-8-11-9-22(10-11)16-7-6-13(20-21-16)12-4-5-12/h6-7,11-12H,1-5,8-10H2,(H,18,19). The van der Waals surface area contributed by atoms with Crippen LogP contribution in [0.1, 0.15) is 41.4 Å². The lowest BCUT2D eigenvalue weighted by molar-refractivity contribution is 0.425. The summed E-state index contributed by atoms with van der Waals surface area (Å²) in [6, 6.07) is 4.29. The summed E-state index contributed by atoms with van der Waals surface area (Å²) in [5.41, 5.74) is 2.50. The maximum Gasteiger partial charge on any atom is 0.183 e. The van der Waals surface area contributed by atoms with E-state index < -0.39 is 0 Å². The maximum atomic E-state index is 4.70. The fourth-order valence-electron chi connectivity index (χ4n) is 3.48. The van der Waals surface area contributed by atoms with Gasteiger partial charge in [0.15, 0.2) is 10.9 Å². The average Bonchev–Trinajstić information content (AvgIpc) is 3.16. The number of nitrogens with one attached hydrogen (secondary N) is 1. The van der Waals surface area contributed by atoms with Crippen molar-refractivity contribution in [3.8, 4) is 0 Å². The Hall–Kier alpha value is -1.69. The quantitative estimate of drug-likeness (QED) is 0.915. The number of hydrogen-bond donors (Lipinski definition) is 1. The first-order valence-corrected chi connectivity index (χ1v) is 9.48. The number of aryl methyl sites for hydroxylation is 2. The highest BCUT2D eigenvalue weighted by molar-refractivity contribution is 7.15. The number of hydrogen-bond acceptors (Lipinski definition) is 6. The molecule has 0 radical (unpaired) electrons. The Morgan fingerprint density at radius 3 is 2.83 bits per heavy atom. The van der Waals surface area contributed by atoms with Gasteiger partial charge in [-0.1, -0.05) is 0 Å². The molecule has 1 saturated carbocycles. The molecule has 2 aliphatic carbocycles. The van der Waals surface area contributed by atoms with Crippen molar-refractivity contribution in [2.24, 2.45) is 5.92 Å². The van der Waals surface area contributed by atoms with Gasteiger partial charge in [0, 0.05) is 36.3 Å². The summed E-state index contributed by atoms with van der Waals surface area (Å²) in [6.45, 7) is 3.14. The number of aromatic nitrogens is 3. The Labute approximate surface area is 140 Å². The van der Waals surface area contributed by atoms with Crippen LogP contribution >= 0.6 is 11.3 Å². The Kier molecular flexibility index (Phi) is 3.25. The smallest absolute Gasteiger partial charge is 0.183 e. The van der Waals surface area contributed by atoms with Gasteiger partial charge in [0.1, 0.15) is 0 Å². The van der Waals surface area contributed by atoms with E-state index in [0.717, 1.165) is 30.6 Å². The molecule has 1 aliphatic heterocycles. The number of thiazole rings is 1. The minimum atomic E-state index is 0.679. The average molecular weight is 327 g/mol. The van der Waals surface area contributed by atoms with Crippen molar-refractivity contribution in [3.63, 3.8) is 0 Å². The molecule has 5 nitrogen and oxygen atoms in total. The van der Waals surface area contributed by atoms with Gasteiger partial charge >= 0.3 is 0 Å². The van der Waals surface area contributed by atoms with Gasteiger partial charge in [-0.25, -0.2) is 4.98 Å². The first-order valence-electron chi connectivity index (χ1n) is 8.66. The van der Waals surface area contributed by atoms with Gasteiger partial charge in [-0.15, -0.1) is 16.4 Å². The van der Waals surface area contributed by atoms with Crippen LogP contribution in [0.4, 0.5) is 10.9 Å². The molecular formula is C17H21N5S. The molecule has 0 unspecified atom stereocenters. The predicted molar refractivity (Wildman–Crippen MR) is 92.3 cm³/mol. The molecule has 6 heteroatoms. The fourth-order valence-corrected chi connectivity index (χ4v) is 4.54. The number of fused-ring (bicyclic) bond motifs is 1. The molecule has 1 saturated heterocycles. The van der Waals surface area contributed by atoms with E-state index in [4.69, 9.17) is 4.98 Å². The molecular weight excluding hydrogens is 306 g/mol. The molecule has 3 aliphatic rings. The molecule has 2 aromatic rings. The zero-order valence-corrected chi connectivity index (χ0v) is 14.0. The van der Waals surface area contributed by atoms with Gasteiger partial charge < -0.3 is 10.2 Å². The van der Waals surface area contributed by atoms with Crippen molar-refractivity contribution in [1.29, 1.82) is 0 Å². The fraction of sp³-hybridized carbons (Fsp3) is 0.588. The lowest BCUT2D eigenvalue weighted by atomic mass is 10.0. The minimum Gasteiger partial charge on any atom is -0.361 e. The zero-order chi connectivity index (χ0) is 15.2. The van der Waals surface area contributed by atoms with Crippen molar-refractivity contribution >= 4 is 22.3 Å². The third-order valence-electron chi connectivity index (χ3n) is 5.09. The van der Waals surface area contributed by atoms with E-state index in [0.29, 0.717) is 11.8 Å². The molecule has 0 amide bonds. The predicted octanol–water partition coefficient (Wildman–Crippen LogP) is 2.85. The molecule has 0 bridgehead atoms. The summed E-state index contributed by atoms with van der Waals surface area (Å²) < 4.78 is 0. The third kappa shape index (κ3) is 2.69. The second-order valence-corrected chi connectivity index (χ2v) is 8.07. The normalized spacial score (nSPS) is 20.4. The first-order chi connectivity index (χ1) is 11.3. The lowest BCUT2D eigenvalue weighted by Crippen LogP contribution is -2.50. The first kappa shape index (κ1) is 13.7. The van der Waals surface area contributed by atoms with E-state index in [-0.39, 0.29) is 0 Å². The molecule has 3 heterocycles. The molecule has 0 spiro atoms. The Morgan fingerprint density at radius 2 is 2.09 bits per heavy atom. The monoisotopic (exact) mass is 327 g/mol. The van der Waals surface area contributed by atoms with Crippen LogP contribution in [0.2, 0.25) is 0 Å². The molecule has 0 atom stereocenters. The number of nitrogens with zero attached hydrogens (tertiary/aromatic N) is 4. The molecule has 2 fully saturated rings. The van der Waals surface area contributed by atoms with Gasteiger partial charge in [-0.3, -0.25) is 0 Å². The van der Waals surface area contributed by atoms with Crippen LogP contribution in [-0.4, -0.2) is 34.8 Å². The van der Waals surface area contributed by atoms with Crippen LogP contribution in [0.5, 0.6) is 0 Å². The Balaban J connectivity index is 1.12. The summed E-state index contributed by atoms with van der Waals surface area (Å²) in [6.07, 6.45) is 6.24. The van der Waals surface area contributed by atoms with Gasteiger partial charge in [0.25, 0.3) is 0 Å². The van der Waals surface area contributed by atoms with Crippen LogP contribution in [0.15, 0.2) is 12.1 Å². The summed E-state index contributed by atoms with van der Waals surface area (Å²) >= 11 is 1.85. The topological polar surface area (TPSA) is 53.9 Å². The van der Waals surface area contributed by atoms with Crippen LogP contribution < -0.4 is 10.2 Å². The minimum absolute atomic E-state index is 0.679. The summed E-state index contributed by atoms with van der Waals surface area (Å²) in [7, 11) is 0. The van der Waals surface area contributed by atoms with E-state index in [2.05, 4.69) is 32.5 Å². The maximum absolute atomic E-state index is 4.70. The van der Waals surface area contributed by atoms with Gasteiger partial charge in [-0.2, -0.15) is 5.10 Å². The Morgan fingerprint density at radius 1 is 1.17 bits per heavy atom. The van der Waals surface area contributed by atoms with E-state index >= 15 is 0 Å². The van der Waals surface area contributed by atoms with Crippen molar-refractivity contribution in [2.75, 3.05) is 29.9 Å². The summed E-state index contributed by atoms with van der Waals surface area (Å²) in [5, 5.41) is 13.4. The van der Waals surface area contributed by atoms with Crippen molar-refractivity contribution in [1.82, 2.24) is 15.2 Å². The Bertz CT molecular complexity index is 679. The molecule has 1 N–H and O–H groups in total. The van der Waals surface area contributed by atoms with E-state index in [1.165, 1.54) is 48.4 Å². The number of rotatable bonds is 5. The molecule has 23 heavy (non-hydrogen) atoms. The van der Waals surface area contributed by atoms with Gasteiger partial charge in [0.05, 0.1) is 11.4 Å². The van der Waals surface area contributed by atoms with Crippen molar-refractivity contribution < 1.29 is 0 Å². The highest BCUT2D eigenvalue weighted by atomic mass is 32.1. The highest BCUT2D eigenvalue weighted by Crippen LogP contribution is 2.39. The van der Waals surface area contributed by atoms with Crippen LogP contribution in [0, 0.1) is 5.92 Å².